The molecule has 0 bridgehead atoms. The van der Waals surface area contributed by atoms with Gasteiger partial charge in [-0.1, -0.05) is 25.5 Å². The van der Waals surface area contributed by atoms with Crippen molar-refractivity contribution in [2.75, 3.05) is 0 Å². The van der Waals surface area contributed by atoms with E-state index in [9.17, 15) is 9.90 Å². The van der Waals surface area contributed by atoms with Crippen LogP contribution in [0.15, 0.2) is 28.8 Å². The zero-order valence-electron chi connectivity index (χ0n) is 18.4. The highest BCUT2D eigenvalue weighted by Crippen LogP contribution is 2.68. The van der Waals surface area contributed by atoms with Crippen LogP contribution >= 0.6 is 0 Å². The number of aliphatic imine (C=N–C) groups is 1. The Morgan fingerprint density at radius 1 is 1.03 bits per heavy atom. The van der Waals surface area contributed by atoms with Crippen molar-refractivity contribution < 1.29 is 9.90 Å². The number of allylic oxidation sites excluding steroid dienone is 3. The average Bonchev–Trinajstić information content (AvgIpc) is 2.94. The van der Waals surface area contributed by atoms with Gasteiger partial charge in [0.15, 0.2) is 5.72 Å². The van der Waals surface area contributed by atoms with E-state index >= 15 is 0 Å². The molecule has 0 aromatic heterocycles. The van der Waals surface area contributed by atoms with Crippen molar-refractivity contribution in [3.63, 3.8) is 0 Å². The molecule has 5 aliphatic rings. The lowest BCUT2D eigenvalue weighted by molar-refractivity contribution is -0.144. The first-order valence-corrected chi connectivity index (χ1v) is 11.9. The smallest absolute Gasteiger partial charge is 0.179 e. The summed E-state index contributed by atoms with van der Waals surface area (Å²) in [7, 11) is 0. The Morgan fingerprint density at radius 2 is 1.83 bits per heavy atom. The molecule has 0 radical (unpaired) electrons. The molecular weight excluding hydrogens is 358 g/mol. The van der Waals surface area contributed by atoms with Crippen LogP contribution < -0.4 is 0 Å². The average molecular weight is 396 g/mol. The number of nitrogens with zero attached hydrogens (tertiary/aromatic N) is 1. The Balaban J connectivity index is 1.44. The highest BCUT2D eigenvalue weighted by Gasteiger charge is 2.63. The van der Waals surface area contributed by atoms with Crippen molar-refractivity contribution in [2.24, 2.45) is 45.4 Å². The fourth-order valence-corrected chi connectivity index (χ4v) is 8.71. The normalized spacial score (nSPS) is 51.7. The molecule has 3 heteroatoms. The molecule has 3 unspecified atom stereocenters. The van der Waals surface area contributed by atoms with E-state index in [2.05, 4.69) is 25.8 Å². The monoisotopic (exact) mass is 395 g/mol. The van der Waals surface area contributed by atoms with Gasteiger partial charge in [0.05, 0.1) is 0 Å². The SMILES string of the molecule is CC1=CC(O)(C2CC[C@H]3[C@@H]4CCC5CC(=O)CC[C@]5(C)[C@H]4CC[C@]23C)N=CC=C1. The molecule has 3 nitrogen and oxygen atoms in total. The molecule has 4 fully saturated rings. The summed E-state index contributed by atoms with van der Waals surface area (Å²) in [5.41, 5.74) is 0.545. The molecule has 29 heavy (non-hydrogen) atoms. The van der Waals surface area contributed by atoms with Crippen LogP contribution in [0, 0.1) is 40.4 Å². The van der Waals surface area contributed by atoms with Gasteiger partial charge < -0.3 is 5.11 Å². The summed E-state index contributed by atoms with van der Waals surface area (Å²) in [6.07, 6.45) is 17.8. The first-order valence-electron chi connectivity index (χ1n) is 11.9. The third-order valence-electron chi connectivity index (χ3n) is 10.2. The Bertz CT molecular complexity index is 797. The van der Waals surface area contributed by atoms with Gasteiger partial charge in [-0.2, -0.15) is 0 Å². The van der Waals surface area contributed by atoms with Crippen LogP contribution in [0.1, 0.15) is 78.6 Å². The number of aliphatic hydroxyl groups is 1. The minimum absolute atomic E-state index is 0.155. The summed E-state index contributed by atoms with van der Waals surface area (Å²) < 4.78 is 0. The number of carbonyl (C=O) groups is 1. The van der Waals surface area contributed by atoms with Crippen molar-refractivity contribution in [1.29, 1.82) is 0 Å². The van der Waals surface area contributed by atoms with Crippen molar-refractivity contribution in [3.05, 3.63) is 23.8 Å². The maximum absolute atomic E-state index is 12.1. The zero-order chi connectivity index (χ0) is 20.4. The highest BCUT2D eigenvalue weighted by atomic mass is 16.3. The Kier molecular flexibility index (Phi) is 4.52. The zero-order valence-corrected chi connectivity index (χ0v) is 18.4. The molecule has 1 aliphatic heterocycles. The van der Waals surface area contributed by atoms with Gasteiger partial charge in [-0.15, -0.1) is 0 Å². The molecule has 8 atom stereocenters. The van der Waals surface area contributed by atoms with Crippen molar-refractivity contribution in [3.8, 4) is 0 Å². The minimum atomic E-state index is -1.07. The first kappa shape index (κ1) is 19.7. The lowest BCUT2D eigenvalue weighted by atomic mass is 9.44. The second-order valence-electron chi connectivity index (χ2n) is 11.4. The van der Waals surface area contributed by atoms with E-state index < -0.39 is 5.72 Å². The van der Waals surface area contributed by atoms with Crippen molar-refractivity contribution in [2.45, 2.75) is 84.3 Å². The van der Waals surface area contributed by atoms with Crippen LogP contribution in [0.3, 0.4) is 0 Å². The van der Waals surface area contributed by atoms with E-state index in [1.165, 1.54) is 32.1 Å². The topological polar surface area (TPSA) is 49.7 Å². The molecule has 0 amide bonds. The van der Waals surface area contributed by atoms with Crippen LogP contribution in [0.25, 0.3) is 0 Å². The van der Waals surface area contributed by atoms with E-state index in [0.29, 0.717) is 23.0 Å². The summed E-state index contributed by atoms with van der Waals surface area (Å²) in [5, 5.41) is 11.6. The van der Waals surface area contributed by atoms with Gasteiger partial charge in [0, 0.05) is 25.0 Å². The Hall–Kier alpha value is -1.22. The number of ketones is 1. The summed E-state index contributed by atoms with van der Waals surface area (Å²) in [4.78, 5) is 16.8. The predicted molar refractivity (Wildman–Crippen MR) is 117 cm³/mol. The molecule has 5 rings (SSSR count). The third-order valence-corrected chi connectivity index (χ3v) is 10.2. The molecule has 1 N–H and O–H groups in total. The number of Topliss-reactive ketones (excluding diaryl/α,β-unsaturated/α-hetero) is 1. The van der Waals surface area contributed by atoms with E-state index in [-0.39, 0.29) is 11.3 Å². The van der Waals surface area contributed by atoms with Gasteiger partial charge in [-0.05, 0) is 98.5 Å². The number of hydrogen-bond acceptors (Lipinski definition) is 3. The lowest BCUT2D eigenvalue weighted by Gasteiger charge is -2.60. The Morgan fingerprint density at radius 3 is 2.66 bits per heavy atom. The second-order valence-corrected chi connectivity index (χ2v) is 11.4. The molecular formula is C26H37NO2. The molecule has 1 heterocycles. The standard InChI is InChI=1S/C26H37NO2/c1-17-5-4-14-27-26(29,16-17)23-9-8-21-20-7-6-18-15-19(28)10-12-24(18,2)22(20)11-13-25(21,23)3/h4-5,14,16,18,20-23,29H,6-13,15H2,1-3H3/t18?,20-,21-,22-,23?,24-,25-,26?/m0/s1. The summed E-state index contributed by atoms with van der Waals surface area (Å²) in [6.45, 7) is 7.03. The van der Waals surface area contributed by atoms with Gasteiger partial charge in [-0.3, -0.25) is 9.79 Å². The quantitative estimate of drug-likeness (QED) is 0.638. The largest absolute Gasteiger partial charge is 0.366 e. The molecule has 4 aliphatic carbocycles. The predicted octanol–water partition coefficient (Wildman–Crippen LogP) is 5.49. The van der Waals surface area contributed by atoms with E-state index in [1.807, 2.05) is 18.2 Å². The maximum atomic E-state index is 12.1. The van der Waals surface area contributed by atoms with Gasteiger partial charge in [0.2, 0.25) is 0 Å². The number of fused-ring (bicyclic) bond motifs is 5. The summed E-state index contributed by atoms with van der Waals surface area (Å²) >= 11 is 0. The number of hydrogen-bond donors (Lipinski definition) is 1. The molecule has 0 spiro atoms. The Labute approximate surface area is 175 Å². The van der Waals surface area contributed by atoms with Crippen LogP contribution in [0.4, 0.5) is 0 Å². The fraction of sp³-hybridized carbons (Fsp3) is 0.769. The van der Waals surface area contributed by atoms with Gasteiger partial charge in [-0.25, -0.2) is 0 Å². The fourth-order valence-electron chi connectivity index (χ4n) is 8.71. The molecule has 0 aromatic carbocycles. The highest BCUT2D eigenvalue weighted by molar-refractivity contribution is 5.79. The van der Waals surface area contributed by atoms with E-state index in [4.69, 9.17) is 0 Å². The van der Waals surface area contributed by atoms with Gasteiger partial charge >= 0.3 is 0 Å². The third kappa shape index (κ3) is 2.86. The second kappa shape index (κ2) is 6.64. The first-order chi connectivity index (χ1) is 13.8. The van der Waals surface area contributed by atoms with Crippen LogP contribution in [-0.2, 0) is 4.79 Å². The van der Waals surface area contributed by atoms with Crippen molar-refractivity contribution in [1.82, 2.24) is 0 Å². The van der Waals surface area contributed by atoms with Crippen molar-refractivity contribution >= 4 is 12.0 Å². The molecule has 158 valence electrons. The number of rotatable bonds is 1. The maximum Gasteiger partial charge on any atom is 0.179 e. The molecule has 0 saturated heterocycles. The van der Waals surface area contributed by atoms with Gasteiger partial charge in [0.1, 0.15) is 5.78 Å². The van der Waals surface area contributed by atoms with Crippen LogP contribution in [0.5, 0.6) is 0 Å². The van der Waals surface area contributed by atoms with Gasteiger partial charge in [0.25, 0.3) is 0 Å². The lowest BCUT2D eigenvalue weighted by Crippen LogP contribution is -2.55. The van der Waals surface area contributed by atoms with Crippen LogP contribution in [-0.4, -0.2) is 22.8 Å². The van der Waals surface area contributed by atoms with E-state index in [1.54, 1.807) is 6.21 Å². The molecule has 0 aromatic rings. The summed E-state index contributed by atoms with van der Waals surface area (Å²) in [6, 6.07) is 0. The summed E-state index contributed by atoms with van der Waals surface area (Å²) in [5.74, 6) is 3.51. The van der Waals surface area contributed by atoms with E-state index in [0.717, 1.165) is 43.1 Å². The minimum Gasteiger partial charge on any atom is -0.366 e. The number of carbonyl (C=O) groups excluding carboxylic acids is 1. The van der Waals surface area contributed by atoms with Crippen LogP contribution in [0.2, 0.25) is 0 Å². The molecule has 4 saturated carbocycles.